The van der Waals surface area contributed by atoms with Crippen LogP contribution >= 0.6 is 15.9 Å². The van der Waals surface area contributed by atoms with E-state index >= 15 is 0 Å². The Morgan fingerprint density at radius 2 is 1.77 bits per heavy atom. The highest BCUT2D eigenvalue weighted by Gasteiger charge is 2.28. The first-order valence-corrected chi connectivity index (χ1v) is 12.3. The third-order valence-corrected chi connectivity index (χ3v) is 6.38. The highest BCUT2D eigenvalue weighted by molar-refractivity contribution is 9.10. The summed E-state index contributed by atoms with van der Waals surface area (Å²) in [6.45, 7) is 0.944. The fourth-order valence-corrected chi connectivity index (χ4v) is 4.42. The molecule has 6 nitrogen and oxygen atoms in total. The highest BCUT2D eigenvalue weighted by atomic mass is 79.9. The molecule has 3 N–H and O–H groups in total. The van der Waals surface area contributed by atoms with Gasteiger partial charge in [-0.1, -0.05) is 58.4 Å². The summed E-state index contributed by atoms with van der Waals surface area (Å²) in [5.41, 5.74) is 6.77. The van der Waals surface area contributed by atoms with Crippen LogP contribution in [0.5, 0.6) is 0 Å². The van der Waals surface area contributed by atoms with E-state index in [4.69, 9.17) is 5.11 Å². The lowest BCUT2D eigenvalue weighted by Crippen LogP contribution is -2.15. The zero-order valence-corrected chi connectivity index (χ0v) is 21.4. The van der Waals surface area contributed by atoms with E-state index < -0.39 is 5.97 Å². The molecule has 0 atom stereocenters. The lowest BCUT2D eigenvalue weighted by molar-refractivity contribution is -0.137. The maximum atomic E-state index is 13.1. The van der Waals surface area contributed by atoms with Crippen LogP contribution in [0.2, 0.25) is 0 Å². The van der Waals surface area contributed by atoms with Crippen LogP contribution in [0.25, 0.3) is 11.3 Å². The zero-order chi connectivity index (χ0) is 24.9. The first-order valence-electron chi connectivity index (χ1n) is 11.5. The van der Waals surface area contributed by atoms with Gasteiger partial charge in [0.15, 0.2) is 0 Å². The second-order valence-electron chi connectivity index (χ2n) is 8.86. The third-order valence-electron chi connectivity index (χ3n) is 5.89. The number of carbonyl (C=O) groups is 2. The lowest BCUT2D eigenvalue weighted by atomic mass is 9.98. The average Bonchev–Trinajstić information content (AvgIpc) is 3.15. The van der Waals surface area contributed by atoms with E-state index in [9.17, 15) is 9.59 Å². The van der Waals surface area contributed by atoms with Gasteiger partial charge >= 0.3 is 5.97 Å². The minimum Gasteiger partial charge on any atom is -0.481 e. The summed E-state index contributed by atoms with van der Waals surface area (Å²) in [6, 6.07) is 21.7. The van der Waals surface area contributed by atoms with Crippen LogP contribution in [-0.2, 0) is 22.4 Å². The van der Waals surface area contributed by atoms with Gasteiger partial charge in [0.1, 0.15) is 0 Å². The number of aliphatic carboxylic acids is 1. The average molecular weight is 534 g/mol. The number of fused-ring (bicyclic) bond motifs is 1. The van der Waals surface area contributed by atoms with E-state index in [1.807, 2.05) is 54.6 Å². The smallest absolute Gasteiger partial charge is 0.303 e. The number of carboxylic acids is 1. The van der Waals surface area contributed by atoms with Crippen LogP contribution in [-0.4, -0.2) is 42.5 Å². The number of carbonyl (C=O) groups excluding carboxylic acids is 1. The summed E-state index contributed by atoms with van der Waals surface area (Å²) in [7, 11) is 4.11. The number of halogens is 1. The van der Waals surface area contributed by atoms with Gasteiger partial charge in [-0.3, -0.25) is 9.59 Å². The van der Waals surface area contributed by atoms with E-state index in [2.05, 4.69) is 57.7 Å². The maximum absolute atomic E-state index is 13.1. The van der Waals surface area contributed by atoms with Crippen molar-refractivity contribution in [2.45, 2.75) is 19.3 Å². The van der Waals surface area contributed by atoms with Crippen molar-refractivity contribution in [3.05, 3.63) is 93.5 Å². The molecule has 3 aromatic rings. The van der Waals surface area contributed by atoms with Crippen LogP contribution in [0, 0.1) is 0 Å². The zero-order valence-electron chi connectivity index (χ0n) is 19.8. The number of benzene rings is 3. The summed E-state index contributed by atoms with van der Waals surface area (Å²) < 4.78 is 0.892. The first kappa shape index (κ1) is 24.7. The van der Waals surface area contributed by atoms with Gasteiger partial charge in [-0.2, -0.15) is 0 Å². The van der Waals surface area contributed by atoms with Crippen molar-refractivity contribution in [1.82, 2.24) is 4.90 Å². The Morgan fingerprint density at radius 1 is 1.00 bits per heavy atom. The molecule has 0 bridgehead atoms. The number of likely N-dealkylation sites (N-methyl/N-ethyl adjacent to an activating group) is 1. The molecule has 0 fully saturated rings. The van der Waals surface area contributed by atoms with Gasteiger partial charge in [0.2, 0.25) is 0 Å². The molecule has 4 rings (SSSR count). The van der Waals surface area contributed by atoms with Gasteiger partial charge < -0.3 is 20.6 Å². The van der Waals surface area contributed by atoms with E-state index in [0.717, 1.165) is 45.5 Å². The number of nitrogens with one attached hydrogen (secondary N) is 2. The van der Waals surface area contributed by atoms with Crippen LogP contribution in [0.3, 0.4) is 0 Å². The molecule has 1 amide bonds. The summed E-state index contributed by atoms with van der Waals surface area (Å²) >= 11 is 3.48. The molecule has 1 aliphatic heterocycles. The third kappa shape index (κ3) is 6.18. The quantitative estimate of drug-likeness (QED) is 0.316. The van der Waals surface area contributed by atoms with Crippen LogP contribution in [0.1, 0.15) is 28.7 Å². The van der Waals surface area contributed by atoms with Gasteiger partial charge in [-0.15, -0.1) is 0 Å². The van der Waals surface area contributed by atoms with Crippen molar-refractivity contribution in [2.24, 2.45) is 0 Å². The van der Waals surface area contributed by atoms with Gasteiger partial charge in [0.05, 0.1) is 17.0 Å². The van der Waals surface area contributed by atoms with Gasteiger partial charge in [0.25, 0.3) is 5.91 Å². The molecule has 0 radical (unpaired) electrons. The molecule has 0 saturated carbocycles. The van der Waals surface area contributed by atoms with Crippen molar-refractivity contribution < 1.29 is 14.7 Å². The standard InChI is InChI=1S/C28H28BrN3O3/c1-32(2)15-14-19-4-3-5-22(16-19)30-27(20-9-6-18(7-10-20)8-13-25(33)34)26-23-12-11-21(29)17-24(23)31-28(26)35/h3-7,9-12,16-17,30H,8,13-15H2,1-2H3,(H,31,35)(H,33,34)/b27-26-. The number of rotatable bonds is 9. The Kier molecular flexibility index (Phi) is 7.68. The minimum atomic E-state index is -0.821. The summed E-state index contributed by atoms with van der Waals surface area (Å²) in [5.74, 6) is -0.989. The van der Waals surface area contributed by atoms with Crippen molar-refractivity contribution in [3.63, 3.8) is 0 Å². The first-order chi connectivity index (χ1) is 16.8. The van der Waals surface area contributed by atoms with Crippen LogP contribution in [0.15, 0.2) is 71.2 Å². The van der Waals surface area contributed by atoms with E-state index in [1.165, 1.54) is 5.56 Å². The molecule has 1 aliphatic rings. The lowest BCUT2D eigenvalue weighted by Gasteiger charge is -2.16. The van der Waals surface area contributed by atoms with E-state index in [-0.39, 0.29) is 12.3 Å². The molecule has 3 aromatic carbocycles. The number of anilines is 2. The number of hydrogen-bond donors (Lipinski definition) is 3. The Hall–Kier alpha value is -3.42. The Morgan fingerprint density at radius 3 is 2.49 bits per heavy atom. The van der Waals surface area contributed by atoms with E-state index in [0.29, 0.717) is 17.7 Å². The summed E-state index contributed by atoms with van der Waals surface area (Å²) in [6.07, 6.45) is 1.46. The second kappa shape index (κ2) is 10.9. The van der Waals surface area contributed by atoms with Crippen LogP contribution < -0.4 is 10.6 Å². The molecule has 0 unspecified atom stereocenters. The van der Waals surface area contributed by atoms with Crippen molar-refractivity contribution >= 4 is 50.5 Å². The Bertz CT molecular complexity index is 1280. The van der Waals surface area contributed by atoms with Crippen LogP contribution in [0.4, 0.5) is 11.4 Å². The maximum Gasteiger partial charge on any atom is 0.303 e. The SMILES string of the molecule is CN(C)CCc1cccc(N/C(=C2\C(=O)Nc3cc(Br)ccc32)c2ccc(CCC(=O)O)cc2)c1. The summed E-state index contributed by atoms with van der Waals surface area (Å²) in [5, 5.41) is 15.5. The summed E-state index contributed by atoms with van der Waals surface area (Å²) in [4.78, 5) is 26.2. The Balaban J connectivity index is 1.74. The van der Waals surface area contributed by atoms with Crippen molar-refractivity contribution in [2.75, 3.05) is 31.3 Å². The minimum absolute atomic E-state index is 0.0793. The molecule has 0 aliphatic carbocycles. The second-order valence-corrected chi connectivity index (χ2v) is 9.78. The molecule has 180 valence electrons. The van der Waals surface area contributed by atoms with Crippen molar-refractivity contribution in [1.29, 1.82) is 0 Å². The fourth-order valence-electron chi connectivity index (χ4n) is 4.06. The van der Waals surface area contributed by atoms with Gasteiger partial charge in [-0.05, 0) is 67.9 Å². The predicted molar refractivity (Wildman–Crippen MR) is 144 cm³/mol. The predicted octanol–water partition coefficient (Wildman–Crippen LogP) is 5.50. The number of nitrogens with zero attached hydrogens (tertiary/aromatic N) is 1. The topological polar surface area (TPSA) is 81.7 Å². The van der Waals surface area contributed by atoms with Crippen molar-refractivity contribution in [3.8, 4) is 0 Å². The molecular weight excluding hydrogens is 506 g/mol. The number of hydrogen-bond acceptors (Lipinski definition) is 4. The molecule has 0 saturated heterocycles. The highest BCUT2D eigenvalue weighted by Crippen LogP contribution is 2.39. The molecule has 7 heteroatoms. The monoisotopic (exact) mass is 533 g/mol. The number of amides is 1. The van der Waals surface area contributed by atoms with E-state index in [1.54, 1.807) is 0 Å². The van der Waals surface area contributed by atoms with Gasteiger partial charge in [-0.25, -0.2) is 0 Å². The molecule has 1 heterocycles. The molecule has 35 heavy (non-hydrogen) atoms. The largest absolute Gasteiger partial charge is 0.481 e. The normalized spacial score (nSPS) is 14.0. The molecular formula is C28H28BrN3O3. The number of aryl methyl sites for hydroxylation is 1. The number of carboxylic acid groups (broad SMARTS) is 1. The van der Waals surface area contributed by atoms with Gasteiger partial charge in [0, 0.05) is 28.7 Å². The Labute approximate surface area is 213 Å². The molecule has 0 aromatic heterocycles. The molecule has 0 spiro atoms. The fraction of sp³-hybridized carbons (Fsp3) is 0.214.